The van der Waals surface area contributed by atoms with Crippen LogP contribution in [0, 0.1) is 0 Å². The minimum Gasteiger partial charge on any atom is -0.492 e. The molecule has 1 aliphatic heterocycles. The van der Waals surface area contributed by atoms with Crippen LogP contribution < -0.4 is 23.9 Å². The first-order valence-electron chi connectivity index (χ1n) is 11.0. The molecule has 1 amide bonds. The highest BCUT2D eigenvalue weighted by Gasteiger charge is 2.29. The Bertz CT molecular complexity index is 1310. The van der Waals surface area contributed by atoms with Gasteiger partial charge in [-0.05, 0) is 43.3 Å². The van der Waals surface area contributed by atoms with Crippen LogP contribution in [0.15, 0.2) is 82.8 Å². The van der Waals surface area contributed by atoms with E-state index in [4.69, 9.17) is 14.2 Å². The van der Waals surface area contributed by atoms with Crippen molar-refractivity contribution < 1.29 is 27.4 Å². The summed E-state index contributed by atoms with van der Waals surface area (Å²) in [6.45, 7) is 2.49. The summed E-state index contributed by atoms with van der Waals surface area (Å²) in [7, 11) is -4.08. The van der Waals surface area contributed by atoms with Gasteiger partial charge in [-0.15, -0.1) is 0 Å². The zero-order valence-corrected chi connectivity index (χ0v) is 19.9. The average Bonchev–Trinajstić information content (AvgIpc) is 2.88. The van der Waals surface area contributed by atoms with E-state index in [2.05, 4.69) is 10.5 Å². The number of ether oxygens (including phenoxy) is 3. The monoisotopic (exact) mass is 495 g/mol. The van der Waals surface area contributed by atoms with Crippen LogP contribution in [-0.4, -0.2) is 46.9 Å². The first-order valence-corrected chi connectivity index (χ1v) is 12.4. The Morgan fingerprint density at radius 2 is 1.77 bits per heavy atom. The zero-order valence-electron chi connectivity index (χ0n) is 19.1. The Morgan fingerprint density at radius 3 is 2.57 bits per heavy atom. The van der Waals surface area contributed by atoms with Crippen LogP contribution in [0.4, 0.5) is 5.69 Å². The number of nitrogens with one attached hydrogen (secondary N) is 1. The molecule has 1 heterocycles. The minimum atomic E-state index is -4.08. The van der Waals surface area contributed by atoms with Crippen LogP contribution >= 0.6 is 0 Å². The van der Waals surface area contributed by atoms with Gasteiger partial charge in [-0.2, -0.15) is 5.10 Å². The number of anilines is 1. The Morgan fingerprint density at radius 1 is 1.03 bits per heavy atom. The highest BCUT2D eigenvalue weighted by molar-refractivity contribution is 7.92. The van der Waals surface area contributed by atoms with Crippen LogP contribution in [0.1, 0.15) is 12.5 Å². The Labute approximate surface area is 204 Å². The molecule has 0 aromatic heterocycles. The second-order valence-electron chi connectivity index (χ2n) is 7.39. The molecule has 0 bridgehead atoms. The van der Waals surface area contributed by atoms with Gasteiger partial charge >= 0.3 is 0 Å². The van der Waals surface area contributed by atoms with Crippen LogP contribution in [0.25, 0.3) is 0 Å². The number of rotatable bonds is 9. The van der Waals surface area contributed by atoms with E-state index in [-0.39, 0.29) is 10.6 Å². The molecule has 0 saturated carbocycles. The number of hydrazone groups is 1. The number of para-hydroxylation sites is 3. The molecule has 10 heteroatoms. The minimum absolute atomic E-state index is 0.0515. The second-order valence-corrected chi connectivity index (χ2v) is 9.25. The summed E-state index contributed by atoms with van der Waals surface area (Å²) in [5.41, 5.74) is 3.27. The predicted octanol–water partition coefficient (Wildman–Crippen LogP) is 3.20. The molecular weight excluding hydrogens is 470 g/mol. The molecule has 0 unspecified atom stereocenters. The molecule has 1 N–H and O–H groups in total. The van der Waals surface area contributed by atoms with Crippen LogP contribution in [-0.2, 0) is 14.8 Å². The molecule has 0 aliphatic carbocycles. The number of carbonyl (C=O) groups is 1. The van der Waals surface area contributed by atoms with Crippen molar-refractivity contribution in [2.45, 2.75) is 11.8 Å². The van der Waals surface area contributed by atoms with Gasteiger partial charge in [-0.3, -0.25) is 9.10 Å². The molecule has 0 fully saturated rings. The SMILES string of the molecule is CCOc1ccccc1N(CC(=O)N/N=C/c1cccc2c1OCCO2)S(=O)(=O)c1ccccc1. The molecule has 35 heavy (non-hydrogen) atoms. The second kappa shape index (κ2) is 10.9. The summed E-state index contributed by atoms with van der Waals surface area (Å²) in [6.07, 6.45) is 1.43. The molecule has 0 spiro atoms. The molecular formula is C25H25N3O6S. The molecule has 3 aromatic carbocycles. The molecule has 9 nitrogen and oxygen atoms in total. The quantitative estimate of drug-likeness (QED) is 0.361. The van der Waals surface area contributed by atoms with Gasteiger partial charge in [0.2, 0.25) is 0 Å². The van der Waals surface area contributed by atoms with Gasteiger partial charge in [0.25, 0.3) is 15.9 Å². The molecule has 0 saturated heterocycles. The topological polar surface area (TPSA) is 107 Å². The first kappa shape index (κ1) is 24.1. The maximum Gasteiger partial charge on any atom is 0.264 e. The molecule has 0 atom stereocenters. The fourth-order valence-corrected chi connectivity index (χ4v) is 4.95. The van der Waals surface area contributed by atoms with Crippen molar-refractivity contribution in [3.8, 4) is 17.2 Å². The zero-order chi connectivity index (χ0) is 24.7. The van der Waals surface area contributed by atoms with Crippen molar-refractivity contribution in [1.82, 2.24) is 5.43 Å². The van der Waals surface area contributed by atoms with Gasteiger partial charge in [0.15, 0.2) is 11.5 Å². The lowest BCUT2D eigenvalue weighted by Crippen LogP contribution is -2.39. The Hall–Kier alpha value is -4.05. The number of hydrogen-bond donors (Lipinski definition) is 1. The number of carbonyl (C=O) groups excluding carboxylic acids is 1. The van der Waals surface area contributed by atoms with Crippen molar-refractivity contribution in [2.75, 3.05) is 30.7 Å². The lowest BCUT2D eigenvalue weighted by molar-refractivity contribution is -0.119. The standard InChI is InChI=1S/C25H25N3O6S/c1-2-32-22-13-7-6-12-21(22)28(35(30,31)20-10-4-3-5-11-20)18-24(29)27-26-17-19-9-8-14-23-25(19)34-16-15-33-23/h3-14,17H,2,15-16,18H2,1H3,(H,27,29)/b26-17+. The fraction of sp³-hybridized carbons (Fsp3) is 0.200. The highest BCUT2D eigenvalue weighted by Crippen LogP contribution is 2.33. The highest BCUT2D eigenvalue weighted by atomic mass is 32.2. The van der Waals surface area contributed by atoms with E-state index in [1.54, 1.807) is 67.6 Å². The van der Waals surface area contributed by atoms with Gasteiger partial charge in [0.1, 0.15) is 25.5 Å². The van der Waals surface area contributed by atoms with Crippen molar-refractivity contribution in [3.63, 3.8) is 0 Å². The molecule has 182 valence electrons. The summed E-state index contributed by atoms with van der Waals surface area (Å²) in [6, 6.07) is 19.9. The van der Waals surface area contributed by atoms with E-state index in [1.165, 1.54) is 18.3 Å². The number of benzene rings is 3. The van der Waals surface area contributed by atoms with Crippen LogP contribution in [0.2, 0.25) is 0 Å². The number of hydrogen-bond acceptors (Lipinski definition) is 7. The summed E-state index contributed by atoms with van der Waals surface area (Å²) in [4.78, 5) is 12.9. The van der Waals surface area contributed by atoms with E-state index >= 15 is 0 Å². The Balaban J connectivity index is 1.58. The van der Waals surface area contributed by atoms with Crippen LogP contribution in [0.3, 0.4) is 0 Å². The lowest BCUT2D eigenvalue weighted by atomic mass is 10.2. The normalized spacial score (nSPS) is 12.8. The van der Waals surface area contributed by atoms with Gasteiger partial charge in [0.05, 0.1) is 23.4 Å². The summed E-state index contributed by atoms with van der Waals surface area (Å²) in [5.74, 6) is 0.850. The van der Waals surface area contributed by atoms with E-state index < -0.39 is 22.5 Å². The molecule has 3 aromatic rings. The third kappa shape index (κ3) is 5.55. The van der Waals surface area contributed by atoms with Gasteiger partial charge in [-0.25, -0.2) is 13.8 Å². The van der Waals surface area contributed by atoms with Crippen molar-refractivity contribution in [1.29, 1.82) is 0 Å². The number of amides is 1. The third-order valence-electron chi connectivity index (χ3n) is 5.04. The van der Waals surface area contributed by atoms with E-state index in [1.807, 2.05) is 0 Å². The van der Waals surface area contributed by atoms with Crippen molar-refractivity contribution >= 4 is 27.8 Å². The number of fused-ring (bicyclic) bond motifs is 1. The number of sulfonamides is 1. The number of nitrogens with zero attached hydrogens (tertiary/aromatic N) is 2. The maximum atomic E-state index is 13.5. The molecule has 0 radical (unpaired) electrons. The predicted molar refractivity (Wildman–Crippen MR) is 132 cm³/mol. The molecule has 1 aliphatic rings. The summed E-state index contributed by atoms with van der Waals surface area (Å²) < 4.78 is 44.8. The van der Waals surface area contributed by atoms with Gasteiger partial charge in [0, 0.05) is 5.56 Å². The van der Waals surface area contributed by atoms with Gasteiger partial charge in [-0.1, -0.05) is 36.4 Å². The Kier molecular flexibility index (Phi) is 7.51. The van der Waals surface area contributed by atoms with Crippen molar-refractivity contribution in [3.05, 3.63) is 78.4 Å². The van der Waals surface area contributed by atoms with Crippen LogP contribution in [0.5, 0.6) is 17.2 Å². The maximum absolute atomic E-state index is 13.5. The molecule has 4 rings (SSSR count). The van der Waals surface area contributed by atoms with E-state index in [0.717, 1.165) is 4.31 Å². The lowest BCUT2D eigenvalue weighted by Gasteiger charge is -2.25. The van der Waals surface area contributed by atoms with Crippen molar-refractivity contribution in [2.24, 2.45) is 5.10 Å². The van der Waals surface area contributed by atoms with Gasteiger partial charge < -0.3 is 14.2 Å². The third-order valence-corrected chi connectivity index (χ3v) is 6.82. The van der Waals surface area contributed by atoms with E-state index in [9.17, 15) is 13.2 Å². The van der Waals surface area contributed by atoms with E-state index in [0.29, 0.717) is 42.6 Å². The first-order chi connectivity index (χ1) is 17.0. The summed E-state index contributed by atoms with van der Waals surface area (Å²) >= 11 is 0. The smallest absolute Gasteiger partial charge is 0.264 e. The summed E-state index contributed by atoms with van der Waals surface area (Å²) in [5, 5.41) is 4.00. The average molecular weight is 496 g/mol. The largest absolute Gasteiger partial charge is 0.492 e. The fourth-order valence-electron chi connectivity index (χ4n) is 3.50.